The maximum atomic E-state index is 12.8. The Morgan fingerprint density at radius 3 is 3.00 bits per heavy atom. The van der Waals surface area contributed by atoms with Gasteiger partial charge in [-0.3, -0.25) is 4.79 Å². The molecule has 1 saturated heterocycles. The fraction of sp³-hybridized carbons (Fsp3) is 0.250. The number of aromatic nitrogens is 4. The number of hydrogen-bond donors (Lipinski definition) is 1. The van der Waals surface area contributed by atoms with E-state index >= 15 is 0 Å². The van der Waals surface area contributed by atoms with Crippen molar-refractivity contribution in [3.63, 3.8) is 0 Å². The first-order valence-electron chi connectivity index (χ1n) is 9.25. The van der Waals surface area contributed by atoms with Crippen molar-refractivity contribution in [2.45, 2.75) is 6.10 Å². The van der Waals surface area contributed by atoms with Crippen LogP contribution < -0.4 is 4.84 Å². The zero-order valence-corrected chi connectivity index (χ0v) is 15.9. The molecule has 0 aliphatic carbocycles. The number of amides is 1. The van der Waals surface area contributed by atoms with Gasteiger partial charge in [-0.25, -0.2) is 4.98 Å². The molecule has 0 spiro atoms. The number of nitriles is 1. The van der Waals surface area contributed by atoms with Gasteiger partial charge in [0.15, 0.2) is 0 Å². The average Bonchev–Trinajstić information content (AvgIpc) is 3.20. The first-order valence-corrected chi connectivity index (χ1v) is 9.25. The molecule has 152 valence electrons. The van der Waals surface area contributed by atoms with Crippen LogP contribution in [0.1, 0.15) is 5.56 Å². The fourth-order valence-electron chi connectivity index (χ4n) is 3.04. The lowest BCUT2D eigenvalue weighted by Crippen LogP contribution is -2.48. The number of phenols is 1. The van der Waals surface area contributed by atoms with E-state index in [1.165, 1.54) is 23.1 Å². The van der Waals surface area contributed by atoms with Crippen molar-refractivity contribution < 1.29 is 19.5 Å². The zero-order chi connectivity index (χ0) is 20.9. The lowest BCUT2D eigenvalue weighted by Gasteiger charge is -2.32. The van der Waals surface area contributed by atoms with Gasteiger partial charge in [-0.05, 0) is 41.1 Å². The molecule has 0 bridgehead atoms. The second-order valence-electron chi connectivity index (χ2n) is 6.61. The van der Waals surface area contributed by atoms with Crippen LogP contribution in [0.3, 0.4) is 0 Å². The van der Waals surface area contributed by atoms with Crippen LogP contribution in [0.15, 0.2) is 48.2 Å². The molecule has 1 amide bonds. The molecule has 3 aromatic rings. The summed E-state index contributed by atoms with van der Waals surface area (Å²) in [5, 5.41) is 26.7. The van der Waals surface area contributed by atoms with Crippen molar-refractivity contribution in [3.05, 3.63) is 53.7 Å². The van der Waals surface area contributed by atoms with Gasteiger partial charge < -0.3 is 19.6 Å². The number of aromatic hydroxyl groups is 1. The monoisotopic (exact) mass is 406 g/mol. The van der Waals surface area contributed by atoms with E-state index in [1.54, 1.807) is 35.4 Å². The van der Waals surface area contributed by atoms with E-state index in [0.29, 0.717) is 29.9 Å². The molecule has 10 nitrogen and oxygen atoms in total. The smallest absolute Gasteiger partial charge is 0.264 e. The molecule has 1 N–H and O–H groups in total. The van der Waals surface area contributed by atoms with Crippen LogP contribution >= 0.6 is 0 Å². The Hall–Kier alpha value is -3.97. The molecule has 1 atom stereocenters. The summed E-state index contributed by atoms with van der Waals surface area (Å²) in [5.74, 6) is -0.268. The fourth-order valence-corrected chi connectivity index (χ4v) is 3.04. The summed E-state index contributed by atoms with van der Waals surface area (Å²) >= 11 is 0. The Morgan fingerprint density at radius 2 is 2.20 bits per heavy atom. The molecule has 0 saturated carbocycles. The molecule has 0 radical (unpaired) electrons. The minimum absolute atomic E-state index is 0.00808. The van der Waals surface area contributed by atoms with Gasteiger partial charge in [0, 0.05) is 12.7 Å². The summed E-state index contributed by atoms with van der Waals surface area (Å²) < 4.78 is 5.68. The van der Waals surface area contributed by atoms with Gasteiger partial charge in [-0.15, -0.1) is 5.10 Å². The third-order valence-electron chi connectivity index (χ3n) is 4.54. The van der Waals surface area contributed by atoms with Crippen molar-refractivity contribution in [2.75, 3.05) is 26.3 Å². The normalized spacial score (nSPS) is 17.0. The number of carbonyl (C=O) groups is 1. The molecule has 1 unspecified atom stereocenters. The van der Waals surface area contributed by atoms with Crippen molar-refractivity contribution in [2.24, 2.45) is 0 Å². The van der Waals surface area contributed by atoms with Crippen molar-refractivity contribution >= 4 is 23.1 Å². The number of pyridine rings is 1. The molecule has 1 aromatic carbocycles. The second kappa shape index (κ2) is 8.59. The number of fused-ring (bicyclic) bond motifs is 1. The lowest BCUT2D eigenvalue weighted by molar-refractivity contribution is -0.137. The number of ether oxygens (including phenoxy) is 1. The number of nitrogens with zero attached hydrogens (tertiary/aromatic N) is 6. The summed E-state index contributed by atoms with van der Waals surface area (Å²) in [4.78, 5) is 25.4. The van der Waals surface area contributed by atoms with E-state index in [9.17, 15) is 15.2 Å². The van der Waals surface area contributed by atoms with Gasteiger partial charge in [0.05, 0.1) is 13.2 Å². The first kappa shape index (κ1) is 19.4. The van der Waals surface area contributed by atoms with E-state index in [0.717, 1.165) is 0 Å². The van der Waals surface area contributed by atoms with Crippen LogP contribution in [-0.2, 0) is 9.53 Å². The van der Waals surface area contributed by atoms with Gasteiger partial charge in [-0.1, -0.05) is 17.0 Å². The number of carbonyl (C=O) groups excluding carboxylic acids is 1. The zero-order valence-electron chi connectivity index (χ0n) is 15.9. The Bertz CT molecular complexity index is 1120. The third kappa shape index (κ3) is 4.21. The standard InChI is InChI=1S/C20H18N6O4/c21-11-15(10-14-3-5-16(27)6-4-14)20(28)25-8-9-29-17(12-25)13-30-26-19-18(23-24-26)2-1-7-22-19/h1-7,10,17,27H,8-9,12-13H2/b15-10+. The van der Waals surface area contributed by atoms with Gasteiger partial charge >= 0.3 is 0 Å². The predicted molar refractivity (Wildman–Crippen MR) is 105 cm³/mol. The van der Waals surface area contributed by atoms with Gasteiger partial charge in [0.2, 0.25) is 5.65 Å². The number of hydrogen-bond acceptors (Lipinski definition) is 8. The molecule has 10 heteroatoms. The average molecular weight is 406 g/mol. The third-order valence-corrected chi connectivity index (χ3v) is 4.54. The number of rotatable bonds is 5. The minimum atomic E-state index is -0.390. The van der Waals surface area contributed by atoms with Crippen LogP contribution in [-0.4, -0.2) is 68.5 Å². The van der Waals surface area contributed by atoms with Gasteiger partial charge in [0.25, 0.3) is 5.91 Å². The number of benzene rings is 1. The maximum Gasteiger partial charge on any atom is 0.264 e. The Labute approximate surface area is 171 Å². The van der Waals surface area contributed by atoms with E-state index in [1.807, 2.05) is 6.07 Å². The minimum Gasteiger partial charge on any atom is -0.508 e. The molecular weight excluding hydrogens is 388 g/mol. The van der Waals surface area contributed by atoms with Crippen LogP contribution in [0, 0.1) is 11.3 Å². The van der Waals surface area contributed by atoms with Gasteiger partial charge in [0.1, 0.15) is 35.6 Å². The van der Waals surface area contributed by atoms with Crippen molar-refractivity contribution in [1.29, 1.82) is 5.26 Å². The van der Waals surface area contributed by atoms with Crippen LogP contribution in [0.5, 0.6) is 5.75 Å². The highest BCUT2D eigenvalue weighted by molar-refractivity contribution is 6.01. The molecule has 3 heterocycles. The number of morpholine rings is 1. The lowest BCUT2D eigenvalue weighted by atomic mass is 10.1. The highest BCUT2D eigenvalue weighted by atomic mass is 16.7. The predicted octanol–water partition coefficient (Wildman–Crippen LogP) is 0.795. The van der Waals surface area contributed by atoms with E-state index in [-0.39, 0.29) is 36.5 Å². The highest BCUT2D eigenvalue weighted by Crippen LogP contribution is 2.15. The SMILES string of the molecule is N#C/C(=C\c1ccc(O)cc1)C(=O)N1CCOC(COn2nnc3cccnc32)C1. The molecule has 30 heavy (non-hydrogen) atoms. The Morgan fingerprint density at radius 1 is 1.37 bits per heavy atom. The van der Waals surface area contributed by atoms with Crippen LogP contribution in [0.25, 0.3) is 17.2 Å². The number of phenolic OH excluding ortho intramolecular Hbond substituents is 1. The molecule has 1 aliphatic heterocycles. The second-order valence-corrected chi connectivity index (χ2v) is 6.61. The van der Waals surface area contributed by atoms with Crippen molar-refractivity contribution in [3.8, 4) is 11.8 Å². The van der Waals surface area contributed by atoms with E-state index in [2.05, 4.69) is 15.3 Å². The topological polar surface area (TPSA) is 126 Å². The Balaban J connectivity index is 1.40. The van der Waals surface area contributed by atoms with Crippen LogP contribution in [0.2, 0.25) is 0 Å². The molecule has 1 fully saturated rings. The van der Waals surface area contributed by atoms with Crippen molar-refractivity contribution in [1.82, 2.24) is 25.0 Å². The largest absolute Gasteiger partial charge is 0.508 e. The summed E-state index contributed by atoms with van der Waals surface area (Å²) in [6, 6.07) is 11.7. The quantitative estimate of drug-likeness (QED) is 0.487. The summed E-state index contributed by atoms with van der Waals surface area (Å²) in [6.07, 6.45) is 2.72. The van der Waals surface area contributed by atoms with E-state index in [4.69, 9.17) is 9.57 Å². The molecular formula is C20H18N6O4. The van der Waals surface area contributed by atoms with Gasteiger partial charge in [-0.2, -0.15) is 5.26 Å². The first-order chi connectivity index (χ1) is 14.6. The summed E-state index contributed by atoms with van der Waals surface area (Å²) in [5.41, 5.74) is 1.76. The van der Waals surface area contributed by atoms with Crippen LogP contribution in [0.4, 0.5) is 0 Å². The summed E-state index contributed by atoms with van der Waals surface area (Å²) in [6.45, 7) is 1.11. The molecule has 1 aliphatic rings. The summed E-state index contributed by atoms with van der Waals surface area (Å²) in [7, 11) is 0. The molecule has 4 rings (SSSR count). The molecule has 2 aromatic heterocycles. The Kier molecular flexibility index (Phi) is 5.54. The highest BCUT2D eigenvalue weighted by Gasteiger charge is 2.27. The maximum absolute atomic E-state index is 12.8. The van der Waals surface area contributed by atoms with E-state index < -0.39 is 0 Å².